The molecule has 4 rings (SSSR count). The average molecular weight is 327 g/mol. The Labute approximate surface area is 133 Å². The summed E-state index contributed by atoms with van der Waals surface area (Å²) in [6, 6.07) is 14.6. The third-order valence-corrected chi connectivity index (χ3v) is 5.66. The lowest BCUT2D eigenvalue weighted by atomic mass is 10.1. The SMILES string of the molecule is O=S(=O)(Nc1ccc(F)cc1)c1ccc2c3c(cccc13)CC2. The van der Waals surface area contributed by atoms with E-state index in [4.69, 9.17) is 0 Å². The molecule has 23 heavy (non-hydrogen) atoms. The van der Waals surface area contributed by atoms with E-state index in [1.54, 1.807) is 6.07 Å². The second kappa shape index (κ2) is 5.06. The van der Waals surface area contributed by atoms with Gasteiger partial charge < -0.3 is 0 Å². The monoisotopic (exact) mass is 327 g/mol. The minimum atomic E-state index is -3.73. The van der Waals surface area contributed by atoms with Gasteiger partial charge in [0.15, 0.2) is 0 Å². The smallest absolute Gasteiger partial charge is 0.262 e. The molecule has 0 amide bonds. The van der Waals surface area contributed by atoms with Crippen LogP contribution in [0.2, 0.25) is 0 Å². The van der Waals surface area contributed by atoms with Crippen LogP contribution in [0.25, 0.3) is 10.8 Å². The van der Waals surface area contributed by atoms with Crippen LogP contribution >= 0.6 is 0 Å². The van der Waals surface area contributed by atoms with Crippen molar-refractivity contribution in [3.05, 3.63) is 71.5 Å². The molecule has 0 saturated heterocycles. The van der Waals surface area contributed by atoms with Crippen molar-refractivity contribution in [1.82, 2.24) is 0 Å². The normalized spacial score (nSPS) is 13.4. The summed E-state index contributed by atoms with van der Waals surface area (Å²) in [5.74, 6) is -0.404. The van der Waals surface area contributed by atoms with Gasteiger partial charge >= 0.3 is 0 Å². The minimum absolute atomic E-state index is 0.254. The molecule has 0 radical (unpaired) electrons. The first-order valence-electron chi connectivity index (χ1n) is 7.36. The molecule has 5 heteroatoms. The molecule has 116 valence electrons. The Morgan fingerprint density at radius 3 is 2.30 bits per heavy atom. The fraction of sp³-hybridized carbons (Fsp3) is 0.111. The molecular formula is C18H14FNO2S. The molecule has 1 aliphatic rings. The predicted molar refractivity (Wildman–Crippen MR) is 88.6 cm³/mol. The fourth-order valence-corrected chi connectivity index (χ4v) is 4.45. The van der Waals surface area contributed by atoms with Gasteiger partial charge in [-0.3, -0.25) is 4.72 Å². The molecule has 3 aromatic carbocycles. The Kier molecular flexibility index (Phi) is 3.13. The Bertz CT molecular complexity index is 1000. The number of rotatable bonds is 3. The Morgan fingerprint density at radius 2 is 1.57 bits per heavy atom. The highest BCUT2D eigenvalue weighted by Crippen LogP contribution is 2.35. The van der Waals surface area contributed by atoms with Crippen LogP contribution in [0.1, 0.15) is 11.1 Å². The summed E-state index contributed by atoms with van der Waals surface area (Å²) >= 11 is 0. The van der Waals surface area contributed by atoms with Crippen molar-refractivity contribution in [2.45, 2.75) is 17.7 Å². The summed E-state index contributed by atoms with van der Waals surface area (Å²) in [5, 5.41) is 1.79. The number of hydrogen-bond acceptors (Lipinski definition) is 2. The van der Waals surface area contributed by atoms with E-state index in [0.29, 0.717) is 5.69 Å². The molecule has 1 N–H and O–H groups in total. The van der Waals surface area contributed by atoms with E-state index >= 15 is 0 Å². The zero-order chi connectivity index (χ0) is 16.0. The van der Waals surface area contributed by atoms with Gasteiger partial charge in [-0.2, -0.15) is 0 Å². The van der Waals surface area contributed by atoms with Crippen LogP contribution in [-0.4, -0.2) is 8.42 Å². The van der Waals surface area contributed by atoms with Crippen LogP contribution in [0, 0.1) is 5.82 Å². The van der Waals surface area contributed by atoms with Crippen molar-refractivity contribution >= 4 is 26.5 Å². The molecule has 0 fully saturated rings. The van der Waals surface area contributed by atoms with E-state index in [1.807, 2.05) is 24.3 Å². The van der Waals surface area contributed by atoms with Crippen LogP contribution < -0.4 is 4.72 Å². The quantitative estimate of drug-likeness (QED) is 0.793. The highest BCUT2D eigenvalue weighted by Gasteiger charge is 2.22. The van der Waals surface area contributed by atoms with Gasteiger partial charge in [0.2, 0.25) is 0 Å². The largest absolute Gasteiger partial charge is 0.280 e. The van der Waals surface area contributed by atoms with Crippen molar-refractivity contribution in [2.24, 2.45) is 0 Å². The predicted octanol–water partition coefficient (Wildman–Crippen LogP) is 3.88. The van der Waals surface area contributed by atoms with Crippen LogP contribution in [0.3, 0.4) is 0 Å². The highest BCUT2D eigenvalue weighted by atomic mass is 32.2. The third kappa shape index (κ3) is 2.37. The molecule has 1 aliphatic carbocycles. The van der Waals surface area contributed by atoms with E-state index < -0.39 is 15.8 Å². The van der Waals surface area contributed by atoms with E-state index in [-0.39, 0.29) is 4.90 Å². The average Bonchev–Trinajstić information content (AvgIpc) is 2.95. The van der Waals surface area contributed by atoms with Gasteiger partial charge in [-0.25, -0.2) is 12.8 Å². The van der Waals surface area contributed by atoms with Gasteiger partial charge in [-0.05, 0) is 59.7 Å². The van der Waals surface area contributed by atoms with Crippen LogP contribution in [0.4, 0.5) is 10.1 Å². The fourth-order valence-electron chi connectivity index (χ4n) is 3.18. The zero-order valence-corrected chi connectivity index (χ0v) is 13.0. The molecule has 0 bridgehead atoms. The summed E-state index contributed by atoms with van der Waals surface area (Å²) in [6.45, 7) is 0. The number of nitrogens with one attached hydrogen (secondary N) is 1. The standard InChI is InChI=1S/C18H14FNO2S/c19-14-7-9-15(10-8-14)20-23(21,22)17-11-6-13-5-4-12-2-1-3-16(17)18(12)13/h1-3,6-11,20H,4-5H2. The number of hydrogen-bond donors (Lipinski definition) is 1. The van der Waals surface area contributed by atoms with Crippen LogP contribution in [-0.2, 0) is 22.9 Å². The second-order valence-electron chi connectivity index (χ2n) is 5.67. The topological polar surface area (TPSA) is 46.2 Å². The summed E-state index contributed by atoms with van der Waals surface area (Å²) in [6.07, 6.45) is 1.89. The summed E-state index contributed by atoms with van der Waals surface area (Å²) < 4.78 is 41.0. The second-order valence-corrected chi connectivity index (χ2v) is 7.33. The molecule has 0 saturated carbocycles. The Morgan fingerprint density at radius 1 is 0.870 bits per heavy atom. The minimum Gasteiger partial charge on any atom is -0.280 e. The molecule has 0 heterocycles. The van der Waals surface area contributed by atoms with Crippen molar-refractivity contribution in [1.29, 1.82) is 0 Å². The maximum atomic E-state index is 13.0. The molecule has 3 aromatic rings. The van der Waals surface area contributed by atoms with Gasteiger partial charge in [0, 0.05) is 11.1 Å². The van der Waals surface area contributed by atoms with Gasteiger partial charge in [0.1, 0.15) is 5.82 Å². The van der Waals surface area contributed by atoms with Gasteiger partial charge in [-0.15, -0.1) is 0 Å². The molecule has 0 aliphatic heterocycles. The Hall–Kier alpha value is -2.40. The molecule has 0 spiro atoms. The maximum Gasteiger partial charge on any atom is 0.262 e. The van der Waals surface area contributed by atoms with Crippen molar-refractivity contribution in [3.8, 4) is 0 Å². The lowest BCUT2D eigenvalue weighted by Crippen LogP contribution is -2.13. The maximum absolute atomic E-state index is 13.0. The molecule has 0 unspecified atom stereocenters. The molecule has 0 aromatic heterocycles. The first-order chi connectivity index (χ1) is 11.0. The van der Waals surface area contributed by atoms with E-state index in [9.17, 15) is 12.8 Å². The van der Waals surface area contributed by atoms with E-state index in [1.165, 1.54) is 35.4 Å². The number of benzene rings is 3. The number of sulfonamides is 1. The zero-order valence-electron chi connectivity index (χ0n) is 12.2. The lowest BCUT2D eigenvalue weighted by Gasteiger charge is -2.12. The number of halogens is 1. The summed E-state index contributed by atoms with van der Waals surface area (Å²) in [7, 11) is -3.73. The van der Waals surface area contributed by atoms with Gasteiger partial charge in [-0.1, -0.05) is 24.3 Å². The Balaban J connectivity index is 1.84. The first-order valence-corrected chi connectivity index (χ1v) is 8.85. The number of anilines is 1. The van der Waals surface area contributed by atoms with Crippen LogP contribution in [0.5, 0.6) is 0 Å². The lowest BCUT2D eigenvalue weighted by molar-refractivity contribution is 0.602. The van der Waals surface area contributed by atoms with Gasteiger partial charge in [0.05, 0.1) is 4.90 Å². The van der Waals surface area contributed by atoms with Gasteiger partial charge in [0.25, 0.3) is 10.0 Å². The molecular weight excluding hydrogens is 313 g/mol. The first kappa shape index (κ1) is 14.2. The number of aryl methyl sites for hydroxylation is 2. The van der Waals surface area contributed by atoms with Crippen molar-refractivity contribution in [3.63, 3.8) is 0 Å². The third-order valence-electron chi connectivity index (χ3n) is 4.22. The summed E-state index contributed by atoms with van der Waals surface area (Å²) in [4.78, 5) is 0.254. The highest BCUT2D eigenvalue weighted by molar-refractivity contribution is 7.93. The van der Waals surface area contributed by atoms with Crippen molar-refractivity contribution in [2.75, 3.05) is 4.72 Å². The molecule has 0 atom stereocenters. The van der Waals surface area contributed by atoms with E-state index in [0.717, 1.165) is 23.6 Å². The van der Waals surface area contributed by atoms with E-state index in [2.05, 4.69) is 4.72 Å². The molecule has 3 nitrogen and oxygen atoms in total. The summed E-state index contributed by atoms with van der Waals surface area (Å²) in [5.41, 5.74) is 2.72. The van der Waals surface area contributed by atoms with Crippen molar-refractivity contribution < 1.29 is 12.8 Å². The van der Waals surface area contributed by atoms with Crippen LogP contribution in [0.15, 0.2) is 59.5 Å².